The van der Waals surface area contributed by atoms with Crippen LogP contribution in [0, 0.1) is 17.6 Å². The third kappa shape index (κ3) is 3.55. The molecule has 0 spiro atoms. The topological polar surface area (TPSA) is 0 Å². The van der Waals surface area contributed by atoms with Crippen LogP contribution in [0.3, 0.4) is 0 Å². The van der Waals surface area contributed by atoms with E-state index in [1.807, 2.05) is 0 Å². The van der Waals surface area contributed by atoms with Crippen molar-refractivity contribution in [1.29, 1.82) is 0 Å². The molecule has 1 aromatic carbocycles. The molecule has 0 aliphatic heterocycles. The Morgan fingerprint density at radius 2 is 1.63 bits per heavy atom. The van der Waals surface area contributed by atoms with Crippen molar-refractivity contribution < 1.29 is 26.3 Å². The van der Waals surface area contributed by atoms with E-state index in [0.717, 1.165) is 37.8 Å². The molecule has 0 bridgehead atoms. The maximum absolute atomic E-state index is 14.6. The molecule has 1 fully saturated rings. The van der Waals surface area contributed by atoms with Crippen LogP contribution in [0.2, 0.25) is 0 Å². The van der Waals surface area contributed by atoms with Crippen molar-refractivity contribution in [2.75, 3.05) is 0 Å². The van der Waals surface area contributed by atoms with Gasteiger partial charge in [-0.3, -0.25) is 0 Å². The average molecular weight is 388 g/mol. The van der Waals surface area contributed by atoms with E-state index in [1.54, 1.807) is 0 Å². The van der Waals surface area contributed by atoms with E-state index >= 15 is 0 Å². The van der Waals surface area contributed by atoms with Crippen LogP contribution in [-0.2, 0) is 0 Å². The molecule has 1 saturated carbocycles. The van der Waals surface area contributed by atoms with Crippen LogP contribution < -0.4 is 0 Å². The first-order valence-electron chi connectivity index (χ1n) is 9.33. The van der Waals surface area contributed by atoms with Crippen molar-refractivity contribution in [2.24, 2.45) is 5.92 Å². The van der Waals surface area contributed by atoms with Gasteiger partial charge >= 0.3 is 11.8 Å². The van der Waals surface area contributed by atoms with Crippen molar-refractivity contribution in [3.8, 4) is 0 Å². The average Bonchev–Trinajstić information content (AvgIpc) is 2.61. The smallest absolute Gasteiger partial charge is 0.203 e. The van der Waals surface area contributed by atoms with E-state index in [4.69, 9.17) is 0 Å². The Kier molecular flexibility index (Phi) is 5.46. The van der Waals surface area contributed by atoms with Crippen molar-refractivity contribution in [2.45, 2.75) is 63.2 Å². The lowest BCUT2D eigenvalue weighted by Crippen LogP contribution is -2.41. The lowest BCUT2D eigenvalue weighted by molar-refractivity contribution is -0.140. The van der Waals surface area contributed by atoms with E-state index < -0.39 is 34.6 Å². The minimum atomic E-state index is -4.60. The van der Waals surface area contributed by atoms with Crippen LogP contribution in [0.4, 0.5) is 26.3 Å². The van der Waals surface area contributed by atoms with Gasteiger partial charge in [0, 0.05) is 11.1 Å². The molecule has 0 nitrogen and oxygen atoms in total. The fraction of sp³-hybridized carbons (Fsp3) is 0.524. The summed E-state index contributed by atoms with van der Waals surface area (Å²) in [5.41, 5.74) is -1.87. The Morgan fingerprint density at radius 1 is 0.963 bits per heavy atom. The third-order valence-electron chi connectivity index (χ3n) is 5.71. The summed E-state index contributed by atoms with van der Waals surface area (Å²) in [6, 6.07) is 2.27. The van der Waals surface area contributed by atoms with Gasteiger partial charge in [-0.05, 0) is 49.2 Å². The van der Waals surface area contributed by atoms with Crippen LogP contribution in [0.15, 0.2) is 30.4 Å². The summed E-state index contributed by atoms with van der Waals surface area (Å²) in [6.45, 7) is 2.11. The lowest BCUT2D eigenvalue weighted by Gasteiger charge is -2.30. The highest BCUT2D eigenvalue weighted by atomic mass is 19.3. The number of rotatable bonds is 4. The maximum atomic E-state index is 14.6. The first kappa shape index (κ1) is 20.0. The minimum Gasteiger partial charge on any atom is -0.203 e. The standard InChI is InChI=1S/C21H22F6/c1-2-4-13-6-8-14(9-7-13)15-10-11-16(19(23)18(15)22)17-5-3-12-20(24,25)21(17,26)27/h3,5,10-14H,2,4,6-9H2,1H3. The molecule has 0 aromatic heterocycles. The van der Waals surface area contributed by atoms with Crippen molar-refractivity contribution in [3.05, 3.63) is 53.1 Å². The molecule has 0 saturated heterocycles. The second kappa shape index (κ2) is 7.36. The van der Waals surface area contributed by atoms with Gasteiger partial charge in [0.05, 0.1) is 0 Å². The second-order valence-electron chi connectivity index (χ2n) is 7.47. The van der Waals surface area contributed by atoms with Crippen molar-refractivity contribution in [1.82, 2.24) is 0 Å². The van der Waals surface area contributed by atoms with E-state index in [1.165, 1.54) is 6.07 Å². The first-order valence-corrected chi connectivity index (χ1v) is 9.33. The molecular formula is C21H22F6. The summed E-state index contributed by atoms with van der Waals surface area (Å²) in [4.78, 5) is 0. The second-order valence-corrected chi connectivity index (χ2v) is 7.47. The molecule has 0 unspecified atom stereocenters. The molecule has 0 radical (unpaired) electrons. The van der Waals surface area contributed by atoms with Crippen molar-refractivity contribution in [3.63, 3.8) is 0 Å². The quantitative estimate of drug-likeness (QED) is 0.476. The predicted octanol–water partition coefficient (Wildman–Crippen LogP) is 7.26. The highest BCUT2D eigenvalue weighted by molar-refractivity contribution is 5.75. The van der Waals surface area contributed by atoms with Gasteiger partial charge in [0.15, 0.2) is 11.6 Å². The number of benzene rings is 1. The summed E-state index contributed by atoms with van der Waals surface area (Å²) in [7, 11) is 0. The Hall–Kier alpha value is -1.72. The maximum Gasteiger partial charge on any atom is 0.339 e. The Labute approximate surface area is 155 Å². The van der Waals surface area contributed by atoms with E-state index in [9.17, 15) is 26.3 Å². The fourth-order valence-electron chi connectivity index (χ4n) is 4.17. The molecule has 2 aliphatic carbocycles. The Bertz CT molecular complexity index is 754. The number of hydrogen-bond acceptors (Lipinski definition) is 0. The zero-order chi connectivity index (χ0) is 19.8. The lowest BCUT2D eigenvalue weighted by atomic mass is 9.76. The molecule has 0 heterocycles. The van der Waals surface area contributed by atoms with Gasteiger partial charge in [0.2, 0.25) is 0 Å². The minimum absolute atomic E-state index is 0.0634. The van der Waals surface area contributed by atoms with Crippen molar-refractivity contribution >= 4 is 5.57 Å². The van der Waals surface area contributed by atoms with Gasteiger partial charge in [-0.15, -0.1) is 0 Å². The molecule has 0 atom stereocenters. The largest absolute Gasteiger partial charge is 0.339 e. The zero-order valence-electron chi connectivity index (χ0n) is 15.1. The molecule has 148 valence electrons. The number of alkyl halides is 4. The molecule has 1 aromatic rings. The molecular weight excluding hydrogens is 366 g/mol. The molecule has 0 amide bonds. The van der Waals surface area contributed by atoms with Gasteiger partial charge in [0.1, 0.15) is 0 Å². The summed E-state index contributed by atoms with van der Waals surface area (Å²) in [6.07, 6.45) is 6.96. The normalized spacial score (nSPS) is 26.7. The number of hydrogen-bond donors (Lipinski definition) is 0. The molecule has 2 aliphatic rings. The fourth-order valence-corrected chi connectivity index (χ4v) is 4.17. The molecule has 3 rings (SSSR count). The van der Waals surface area contributed by atoms with Gasteiger partial charge in [-0.25, -0.2) is 8.78 Å². The van der Waals surface area contributed by atoms with Crippen LogP contribution in [0.5, 0.6) is 0 Å². The molecule has 27 heavy (non-hydrogen) atoms. The Morgan fingerprint density at radius 3 is 2.26 bits per heavy atom. The SMILES string of the molecule is CCCC1CCC(c2ccc(C3=CC=CC(F)(F)C3(F)F)c(F)c2F)CC1. The van der Waals surface area contributed by atoms with Gasteiger partial charge in [-0.2, -0.15) is 17.6 Å². The van der Waals surface area contributed by atoms with E-state index in [0.29, 0.717) is 24.8 Å². The monoisotopic (exact) mass is 388 g/mol. The summed E-state index contributed by atoms with van der Waals surface area (Å²) >= 11 is 0. The van der Waals surface area contributed by atoms with Gasteiger partial charge < -0.3 is 0 Å². The van der Waals surface area contributed by atoms with Gasteiger partial charge in [0.25, 0.3) is 0 Å². The molecule has 6 heteroatoms. The highest BCUT2D eigenvalue weighted by Crippen LogP contribution is 2.48. The summed E-state index contributed by atoms with van der Waals surface area (Å²) < 4.78 is 84.4. The number of allylic oxidation sites excluding steroid dienone is 4. The van der Waals surface area contributed by atoms with Crippen LogP contribution in [0.1, 0.15) is 62.5 Å². The molecule has 0 N–H and O–H groups in total. The number of halogens is 6. The zero-order valence-corrected chi connectivity index (χ0v) is 15.1. The third-order valence-corrected chi connectivity index (χ3v) is 5.71. The van der Waals surface area contributed by atoms with Crippen LogP contribution >= 0.6 is 0 Å². The predicted molar refractivity (Wildman–Crippen MR) is 93.0 cm³/mol. The van der Waals surface area contributed by atoms with Crippen LogP contribution in [0.25, 0.3) is 5.57 Å². The Balaban J connectivity index is 1.89. The summed E-state index contributed by atoms with van der Waals surface area (Å²) in [5, 5.41) is 0. The van der Waals surface area contributed by atoms with Gasteiger partial charge in [-0.1, -0.05) is 44.1 Å². The van der Waals surface area contributed by atoms with E-state index in [2.05, 4.69) is 6.92 Å². The first-order chi connectivity index (χ1) is 12.7. The van der Waals surface area contributed by atoms with Crippen LogP contribution in [-0.4, -0.2) is 11.8 Å². The highest BCUT2D eigenvalue weighted by Gasteiger charge is 2.58. The van der Waals surface area contributed by atoms with E-state index in [-0.39, 0.29) is 17.6 Å². The summed E-state index contributed by atoms with van der Waals surface area (Å²) in [5.74, 6) is -11.3.